The molecule has 0 spiro atoms. The van der Waals surface area contributed by atoms with Gasteiger partial charge in [0.15, 0.2) is 6.07 Å². The topological polar surface area (TPSA) is 64.6 Å². The van der Waals surface area contributed by atoms with E-state index in [1.54, 1.807) is 27.7 Å². The van der Waals surface area contributed by atoms with Gasteiger partial charge in [-0.25, -0.2) is 9.59 Å². The number of nitrogens with one attached hydrogen (secondary N) is 1. The molecular weight excluding hydrogens is 234 g/mol. The lowest BCUT2D eigenvalue weighted by molar-refractivity contribution is -0.144. The average Bonchev–Trinajstić information content (AvgIpc) is 2.11. The Labute approximate surface area is 100 Å². The number of ether oxygens (including phenoxy) is 2. The van der Waals surface area contributed by atoms with Crippen LogP contribution in [0.2, 0.25) is 0 Å². The first kappa shape index (κ1) is 15.0. The third-order valence-corrected chi connectivity index (χ3v) is 1.69. The maximum atomic E-state index is 11.4. The van der Waals surface area contributed by atoms with Crippen molar-refractivity contribution in [3.63, 3.8) is 0 Å². The van der Waals surface area contributed by atoms with Gasteiger partial charge < -0.3 is 14.8 Å². The Bertz CT molecular complexity index is 250. The van der Waals surface area contributed by atoms with Crippen molar-refractivity contribution < 1.29 is 19.1 Å². The van der Waals surface area contributed by atoms with E-state index in [-0.39, 0.29) is 6.07 Å². The van der Waals surface area contributed by atoms with Gasteiger partial charge in [0.05, 0.1) is 0 Å². The number of carbonyl (C=O) groups excluding carboxylic acids is 2. The Morgan fingerprint density at radius 2 is 1.94 bits per heavy atom. The molecule has 0 aromatic carbocycles. The Balaban J connectivity index is 4.22. The first-order valence-electron chi connectivity index (χ1n) is 5.02. The number of hydrogen-bond acceptors (Lipinski definition) is 4. The number of alkyl carbamates (subject to hydrolysis) is 1. The molecule has 0 bridgehead atoms. The van der Waals surface area contributed by atoms with Crippen LogP contribution in [-0.4, -0.2) is 29.8 Å². The van der Waals surface area contributed by atoms with Gasteiger partial charge >= 0.3 is 12.1 Å². The van der Waals surface area contributed by atoms with Gasteiger partial charge in [0.2, 0.25) is 0 Å². The molecule has 0 aliphatic carbocycles. The third-order valence-electron chi connectivity index (χ3n) is 1.58. The minimum Gasteiger partial charge on any atom is -0.448 e. The summed E-state index contributed by atoms with van der Waals surface area (Å²) < 4.78 is 9.59. The van der Waals surface area contributed by atoms with Crippen LogP contribution in [0, 0.1) is 0 Å². The minimum atomic E-state index is -0.728. The van der Waals surface area contributed by atoms with Gasteiger partial charge in [0.25, 0.3) is 0 Å². The molecule has 0 saturated heterocycles. The van der Waals surface area contributed by atoms with Gasteiger partial charge in [-0.3, -0.25) is 0 Å². The average molecular weight is 252 g/mol. The number of carbonyl (C=O) groups is 2. The summed E-state index contributed by atoms with van der Waals surface area (Å²) in [6.45, 7) is 6.97. The lowest BCUT2D eigenvalue weighted by atomic mass is 10.2. The molecule has 0 aliphatic heterocycles. The predicted molar refractivity (Wildman–Crippen MR) is 60.3 cm³/mol. The van der Waals surface area contributed by atoms with Crippen LogP contribution >= 0.6 is 11.6 Å². The molecule has 0 unspecified atom stereocenters. The van der Waals surface area contributed by atoms with Crippen molar-refractivity contribution in [1.29, 1.82) is 0 Å². The highest BCUT2D eigenvalue weighted by molar-refractivity contribution is 6.17. The molecule has 0 fully saturated rings. The number of hydrogen-bond donors (Lipinski definition) is 1. The minimum absolute atomic E-state index is 0.231. The van der Waals surface area contributed by atoms with Crippen LogP contribution in [0.5, 0.6) is 0 Å². The Hall–Kier alpha value is -0.970. The number of amides is 1. The van der Waals surface area contributed by atoms with E-state index < -0.39 is 23.7 Å². The summed E-state index contributed by atoms with van der Waals surface area (Å²) in [7, 11) is 0. The summed E-state index contributed by atoms with van der Waals surface area (Å²) in [6.07, 6.45) is -0.236. The van der Waals surface area contributed by atoms with E-state index in [0.717, 1.165) is 0 Å². The number of halogens is 1. The van der Waals surface area contributed by atoms with Crippen LogP contribution in [-0.2, 0) is 14.3 Å². The van der Waals surface area contributed by atoms with Crippen LogP contribution in [0.3, 0.4) is 0 Å². The molecule has 0 aromatic rings. The molecule has 0 radical (unpaired) electrons. The molecular formula is C10H18ClNO4. The zero-order valence-electron chi connectivity index (χ0n) is 10.0. The molecule has 0 saturated carbocycles. The largest absolute Gasteiger partial charge is 0.448 e. The zero-order valence-corrected chi connectivity index (χ0v) is 10.8. The summed E-state index contributed by atoms with van der Waals surface area (Å²) in [5, 5.41) is 2.41. The highest BCUT2D eigenvalue weighted by Crippen LogP contribution is 2.07. The Morgan fingerprint density at radius 1 is 1.38 bits per heavy atom. The quantitative estimate of drug-likeness (QED) is 0.613. The van der Waals surface area contributed by atoms with Crippen molar-refractivity contribution in [1.82, 2.24) is 5.32 Å². The van der Waals surface area contributed by atoms with Gasteiger partial charge in [0.1, 0.15) is 11.6 Å². The summed E-state index contributed by atoms with van der Waals surface area (Å²) in [6, 6.07) is -0.959. The monoisotopic (exact) mass is 251 g/mol. The zero-order chi connectivity index (χ0) is 12.8. The van der Waals surface area contributed by atoms with Crippen molar-refractivity contribution in [2.75, 3.05) is 6.07 Å². The third kappa shape index (κ3) is 6.50. The van der Waals surface area contributed by atoms with Crippen molar-refractivity contribution in [3.05, 3.63) is 0 Å². The molecule has 0 aromatic heterocycles. The smallest absolute Gasteiger partial charge is 0.408 e. The number of esters is 1. The second-order valence-corrected chi connectivity index (χ2v) is 4.40. The van der Waals surface area contributed by atoms with E-state index in [9.17, 15) is 9.59 Å². The lowest BCUT2D eigenvalue weighted by Crippen LogP contribution is -2.43. The fourth-order valence-electron chi connectivity index (χ4n) is 0.932. The lowest BCUT2D eigenvalue weighted by Gasteiger charge is -2.22. The van der Waals surface area contributed by atoms with Gasteiger partial charge in [-0.15, -0.1) is 0 Å². The highest BCUT2D eigenvalue weighted by Gasteiger charge is 2.23. The Morgan fingerprint density at radius 3 is 2.31 bits per heavy atom. The molecule has 1 atom stereocenters. The molecule has 1 amide bonds. The van der Waals surface area contributed by atoms with E-state index in [2.05, 4.69) is 10.1 Å². The summed E-state index contributed by atoms with van der Waals surface area (Å²) in [5.41, 5.74) is -0.598. The normalized spacial score (nSPS) is 12.8. The van der Waals surface area contributed by atoms with Gasteiger partial charge in [0, 0.05) is 0 Å². The SMILES string of the molecule is CC[C@H](NC(=O)OC(C)(C)C)C(=O)OCCl. The van der Waals surface area contributed by atoms with Crippen molar-refractivity contribution in [2.24, 2.45) is 0 Å². The van der Waals surface area contributed by atoms with Crippen molar-refractivity contribution >= 4 is 23.7 Å². The van der Waals surface area contributed by atoms with Crippen LogP contribution in [0.4, 0.5) is 4.79 Å². The maximum absolute atomic E-state index is 11.4. The van der Waals surface area contributed by atoms with Crippen LogP contribution in [0.15, 0.2) is 0 Å². The Kier molecular flexibility index (Phi) is 6.18. The number of alkyl halides is 1. The summed E-state index contributed by atoms with van der Waals surface area (Å²) in [4.78, 5) is 22.7. The second-order valence-electron chi connectivity index (χ2n) is 4.18. The van der Waals surface area contributed by atoms with Crippen molar-refractivity contribution in [2.45, 2.75) is 45.8 Å². The van der Waals surface area contributed by atoms with Gasteiger partial charge in [-0.1, -0.05) is 18.5 Å². The molecule has 16 heavy (non-hydrogen) atoms. The standard InChI is InChI=1S/C10H18ClNO4/c1-5-7(8(13)15-6-11)12-9(14)16-10(2,3)4/h7H,5-6H2,1-4H3,(H,12,14)/t7-/m0/s1. The molecule has 94 valence electrons. The summed E-state index contributed by atoms with van der Waals surface area (Å²) in [5.74, 6) is -0.566. The second kappa shape index (κ2) is 6.58. The number of rotatable bonds is 4. The van der Waals surface area contributed by atoms with E-state index in [0.29, 0.717) is 6.42 Å². The maximum Gasteiger partial charge on any atom is 0.408 e. The molecule has 1 N–H and O–H groups in total. The van der Waals surface area contributed by atoms with E-state index in [1.165, 1.54) is 0 Å². The molecule has 0 rings (SSSR count). The van der Waals surface area contributed by atoms with Gasteiger partial charge in [-0.05, 0) is 27.2 Å². The first-order chi connectivity index (χ1) is 7.30. The molecule has 5 nitrogen and oxygen atoms in total. The van der Waals surface area contributed by atoms with Crippen molar-refractivity contribution in [3.8, 4) is 0 Å². The molecule has 6 heteroatoms. The highest BCUT2D eigenvalue weighted by atomic mass is 35.5. The van der Waals surface area contributed by atoms with E-state index >= 15 is 0 Å². The fraction of sp³-hybridized carbons (Fsp3) is 0.800. The van der Waals surface area contributed by atoms with E-state index in [1.807, 2.05) is 0 Å². The van der Waals surface area contributed by atoms with E-state index in [4.69, 9.17) is 16.3 Å². The fourth-order valence-corrected chi connectivity index (χ4v) is 1.04. The van der Waals surface area contributed by atoms with Crippen LogP contribution < -0.4 is 5.32 Å². The molecule has 0 aliphatic rings. The first-order valence-corrected chi connectivity index (χ1v) is 5.55. The van der Waals surface area contributed by atoms with Crippen LogP contribution in [0.25, 0.3) is 0 Å². The summed E-state index contributed by atoms with van der Waals surface area (Å²) >= 11 is 5.25. The van der Waals surface area contributed by atoms with Crippen LogP contribution in [0.1, 0.15) is 34.1 Å². The molecule has 0 heterocycles. The van der Waals surface area contributed by atoms with Gasteiger partial charge in [-0.2, -0.15) is 0 Å². The predicted octanol–water partition coefficient (Wildman–Crippen LogP) is 2.03.